The second-order valence-electron chi connectivity index (χ2n) is 7.15. The number of nitrogens with one attached hydrogen (secondary N) is 2. The quantitative estimate of drug-likeness (QED) is 0.475. The van der Waals surface area contributed by atoms with Crippen LogP contribution in [-0.4, -0.2) is 56.6 Å². The third-order valence-corrected chi connectivity index (χ3v) is 5.87. The summed E-state index contributed by atoms with van der Waals surface area (Å²) in [6.45, 7) is 1.20. The van der Waals surface area contributed by atoms with Crippen molar-refractivity contribution in [3.8, 4) is 11.6 Å². The second-order valence-corrected chi connectivity index (χ2v) is 8.06. The molecule has 5 rings (SSSR count). The molecule has 4 aromatic rings. The number of carbonyl (C=O) groups is 1. The molecule has 1 fully saturated rings. The highest BCUT2D eigenvalue weighted by Gasteiger charge is 2.22. The zero-order valence-corrected chi connectivity index (χ0v) is 17.8. The number of fused-ring (bicyclic) bond motifs is 1. The first-order valence-electron chi connectivity index (χ1n) is 9.81. The van der Waals surface area contributed by atoms with Crippen LogP contribution in [0.5, 0.6) is 5.88 Å². The van der Waals surface area contributed by atoms with Crippen LogP contribution in [0.2, 0.25) is 0 Å². The fraction of sp³-hybridized carbons (Fsp3) is 0.300. The molecule has 160 valence electrons. The first kappa shape index (κ1) is 19.5. The van der Waals surface area contributed by atoms with Gasteiger partial charge in [0.2, 0.25) is 11.8 Å². The largest absolute Gasteiger partial charge is 0.470 e. The molecule has 0 aliphatic carbocycles. The normalized spacial score (nSPS) is 16.0. The molecule has 10 nitrogen and oxygen atoms in total. The topological polar surface area (TPSA) is 108 Å². The lowest BCUT2D eigenvalue weighted by molar-refractivity contribution is 0.0967. The first-order chi connectivity index (χ1) is 15.1. The van der Waals surface area contributed by atoms with Gasteiger partial charge in [-0.1, -0.05) is 0 Å². The average Bonchev–Trinajstić information content (AvgIpc) is 3.54. The molecule has 0 aromatic carbocycles. The minimum Gasteiger partial charge on any atom is -0.470 e. The first-order valence-corrected chi connectivity index (χ1v) is 10.7. The molecular weight excluding hydrogens is 418 g/mol. The fourth-order valence-electron chi connectivity index (χ4n) is 3.44. The van der Waals surface area contributed by atoms with Gasteiger partial charge in [0, 0.05) is 38.3 Å². The van der Waals surface area contributed by atoms with Crippen LogP contribution in [0.15, 0.2) is 36.1 Å². The molecule has 1 aliphatic rings. The van der Waals surface area contributed by atoms with Crippen molar-refractivity contribution in [3.05, 3.63) is 41.0 Å². The van der Waals surface area contributed by atoms with Crippen LogP contribution in [0.4, 0.5) is 11.6 Å². The molecule has 0 bridgehead atoms. The molecule has 1 atom stereocenters. The summed E-state index contributed by atoms with van der Waals surface area (Å²) in [5.41, 5.74) is 3.13. The summed E-state index contributed by atoms with van der Waals surface area (Å²) < 4.78 is 15.4. The van der Waals surface area contributed by atoms with Gasteiger partial charge in [0.15, 0.2) is 0 Å². The number of carbonyl (C=O) groups excluding carboxylic acids is 1. The number of thiophene rings is 1. The minimum atomic E-state index is -0.131. The standard InChI is InChI=1S/C20H21N7O3S/c1-21-18(28)16-7-12(11-31-16)23-20-24-15-3-5-27(13-8-22-26(2)9-13)17(15)19(25-20)30-14-4-6-29-10-14/h3,5,7-9,11,14H,4,6,10H2,1-2H3,(H,21,28)(H,23,24,25)/t14-/m1/s1. The van der Waals surface area contributed by atoms with Gasteiger partial charge in [-0.3, -0.25) is 9.48 Å². The van der Waals surface area contributed by atoms with Crippen LogP contribution in [0.3, 0.4) is 0 Å². The molecule has 31 heavy (non-hydrogen) atoms. The van der Waals surface area contributed by atoms with Crippen molar-refractivity contribution in [1.29, 1.82) is 0 Å². The minimum absolute atomic E-state index is 0.0656. The zero-order valence-electron chi connectivity index (χ0n) is 17.0. The fourth-order valence-corrected chi connectivity index (χ4v) is 4.22. The Balaban J connectivity index is 1.54. The maximum atomic E-state index is 11.8. The maximum absolute atomic E-state index is 11.8. The molecule has 5 heterocycles. The van der Waals surface area contributed by atoms with Gasteiger partial charge in [-0.15, -0.1) is 11.3 Å². The Morgan fingerprint density at radius 2 is 2.29 bits per heavy atom. The van der Waals surface area contributed by atoms with Crippen molar-refractivity contribution in [1.82, 2.24) is 29.6 Å². The van der Waals surface area contributed by atoms with E-state index in [9.17, 15) is 4.79 Å². The lowest BCUT2D eigenvalue weighted by atomic mass is 10.3. The van der Waals surface area contributed by atoms with Crippen LogP contribution < -0.4 is 15.4 Å². The highest BCUT2D eigenvalue weighted by Crippen LogP contribution is 2.31. The van der Waals surface area contributed by atoms with E-state index < -0.39 is 0 Å². The number of nitrogens with zero attached hydrogens (tertiary/aromatic N) is 5. The van der Waals surface area contributed by atoms with Crippen molar-refractivity contribution >= 4 is 39.9 Å². The van der Waals surface area contributed by atoms with E-state index in [2.05, 4.69) is 25.7 Å². The van der Waals surface area contributed by atoms with E-state index in [4.69, 9.17) is 9.47 Å². The zero-order chi connectivity index (χ0) is 21.4. The van der Waals surface area contributed by atoms with Crippen LogP contribution in [-0.2, 0) is 11.8 Å². The van der Waals surface area contributed by atoms with Gasteiger partial charge in [-0.2, -0.15) is 10.1 Å². The molecule has 2 N–H and O–H groups in total. The summed E-state index contributed by atoms with van der Waals surface area (Å²) in [6.07, 6.45) is 6.36. The van der Waals surface area contributed by atoms with Gasteiger partial charge in [-0.05, 0) is 12.1 Å². The van der Waals surface area contributed by atoms with Crippen molar-refractivity contribution in [3.63, 3.8) is 0 Å². The van der Waals surface area contributed by atoms with E-state index in [0.29, 0.717) is 29.9 Å². The van der Waals surface area contributed by atoms with Crippen molar-refractivity contribution < 1.29 is 14.3 Å². The van der Waals surface area contributed by atoms with Gasteiger partial charge in [0.05, 0.1) is 41.2 Å². The monoisotopic (exact) mass is 439 g/mol. The molecular formula is C20H21N7O3S. The Labute approximate surface area is 181 Å². The van der Waals surface area contributed by atoms with Gasteiger partial charge in [0.25, 0.3) is 5.91 Å². The summed E-state index contributed by atoms with van der Waals surface area (Å²) in [7, 11) is 3.48. The number of hydrogen-bond donors (Lipinski definition) is 2. The number of rotatable bonds is 6. The lowest BCUT2D eigenvalue weighted by Crippen LogP contribution is -2.17. The molecule has 4 aromatic heterocycles. The van der Waals surface area contributed by atoms with E-state index >= 15 is 0 Å². The smallest absolute Gasteiger partial charge is 0.261 e. The Morgan fingerprint density at radius 1 is 1.39 bits per heavy atom. The molecule has 0 radical (unpaired) electrons. The summed E-state index contributed by atoms with van der Waals surface area (Å²) in [4.78, 5) is 21.8. The number of ether oxygens (including phenoxy) is 2. The average molecular weight is 440 g/mol. The summed E-state index contributed by atoms with van der Waals surface area (Å²) >= 11 is 1.35. The van der Waals surface area contributed by atoms with E-state index in [1.807, 2.05) is 35.5 Å². The molecule has 1 saturated heterocycles. The third kappa shape index (κ3) is 3.84. The predicted molar refractivity (Wildman–Crippen MR) is 116 cm³/mol. The molecule has 0 saturated carbocycles. The van der Waals surface area contributed by atoms with Crippen LogP contribution in [0.1, 0.15) is 16.1 Å². The van der Waals surface area contributed by atoms with E-state index in [0.717, 1.165) is 28.8 Å². The lowest BCUT2D eigenvalue weighted by Gasteiger charge is -2.14. The van der Waals surface area contributed by atoms with Crippen molar-refractivity contribution in [2.24, 2.45) is 7.05 Å². The Hall–Kier alpha value is -3.44. The summed E-state index contributed by atoms with van der Waals surface area (Å²) in [6, 6.07) is 3.68. The highest BCUT2D eigenvalue weighted by atomic mass is 32.1. The summed E-state index contributed by atoms with van der Waals surface area (Å²) in [5.74, 6) is 0.735. The number of amides is 1. The van der Waals surface area contributed by atoms with Crippen LogP contribution in [0.25, 0.3) is 16.7 Å². The second kappa shape index (κ2) is 8.00. The number of aromatic nitrogens is 5. The maximum Gasteiger partial charge on any atom is 0.261 e. The van der Waals surface area contributed by atoms with Crippen LogP contribution >= 0.6 is 11.3 Å². The van der Waals surface area contributed by atoms with Gasteiger partial charge in [0.1, 0.15) is 11.6 Å². The SMILES string of the molecule is CNC(=O)c1cc(Nc2nc(O[C@@H]3CCOC3)c3c(ccn3-c3cnn(C)c3)n2)cs1. The molecule has 1 aliphatic heterocycles. The Bertz CT molecular complexity index is 1240. The highest BCUT2D eigenvalue weighted by molar-refractivity contribution is 7.12. The van der Waals surface area contributed by atoms with E-state index in [1.54, 1.807) is 24.0 Å². The van der Waals surface area contributed by atoms with Gasteiger partial charge < -0.3 is 24.7 Å². The van der Waals surface area contributed by atoms with E-state index in [-0.39, 0.29) is 12.0 Å². The molecule has 11 heteroatoms. The molecule has 0 spiro atoms. The Kier molecular flexibility index (Phi) is 5.04. The number of anilines is 2. The number of hydrogen-bond acceptors (Lipinski definition) is 8. The van der Waals surface area contributed by atoms with Crippen molar-refractivity contribution in [2.75, 3.05) is 25.6 Å². The van der Waals surface area contributed by atoms with Crippen molar-refractivity contribution in [2.45, 2.75) is 12.5 Å². The van der Waals surface area contributed by atoms with E-state index in [1.165, 1.54) is 11.3 Å². The van der Waals surface area contributed by atoms with Gasteiger partial charge in [-0.25, -0.2) is 4.98 Å². The van der Waals surface area contributed by atoms with Crippen LogP contribution in [0, 0.1) is 0 Å². The third-order valence-electron chi connectivity index (χ3n) is 4.94. The van der Waals surface area contributed by atoms with Gasteiger partial charge >= 0.3 is 0 Å². The summed E-state index contributed by atoms with van der Waals surface area (Å²) in [5, 5.41) is 11.9. The molecule has 1 amide bonds. The predicted octanol–water partition coefficient (Wildman–Crippen LogP) is 2.49. The molecule has 0 unspecified atom stereocenters. The Morgan fingerprint density at radius 3 is 3.03 bits per heavy atom. The number of aryl methyl sites for hydroxylation is 1.